The highest BCUT2D eigenvalue weighted by molar-refractivity contribution is 5.44. The summed E-state index contributed by atoms with van der Waals surface area (Å²) in [5.41, 5.74) is 5.65. The number of aromatic nitrogens is 1. The van der Waals surface area contributed by atoms with Crippen LogP contribution in [0.4, 0.5) is 5.69 Å². The predicted octanol–water partition coefficient (Wildman–Crippen LogP) is 2.01. The fraction of sp³-hybridized carbons (Fsp3) is 0.571. The number of nitro groups is 1. The van der Waals surface area contributed by atoms with Crippen molar-refractivity contribution in [1.82, 2.24) is 4.98 Å². The van der Waals surface area contributed by atoms with Gasteiger partial charge in [-0.25, -0.2) is 4.98 Å². The molecule has 1 fully saturated rings. The maximum atomic E-state index is 10.7. The van der Waals surface area contributed by atoms with Gasteiger partial charge in [0.2, 0.25) is 5.88 Å². The fourth-order valence-electron chi connectivity index (χ4n) is 2.74. The van der Waals surface area contributed by atoms with Crippen LogP contribution in [-0.2, 0) is 0 Å². The van der Waals surface area contributed by atoms with Crippen molar-refractivity contribution in [1.29, 1.82) is 5.26 Å². The molecular weight excluding hydrogens is 272 g/mol. The minimum atomic E-state index is -0.580. The molecule has 1 aliphatic carbocycles. The van der Waals surface area contributed by atoms with Gasteiger partial charge in [-0.05, 0) is 31.2 Å². The average molecular weight is 290 g/mol. The molecule has 0 bridgehead atoms. The molecule has 21 heavy (non-hydrogen) atoms. The van der Waals surface area contributed by atoms with Crippen molar-refractivity contribution in [2.75, 3.05) is 13.2 Å². The lowest BCUT2D eigenvalue weighted by molar-refractivity contribution is -0.385. The maximum Gasteiger partial charge on any atom is 0.289 e. The summed E-state index contributed by atoms with van der Waals surface area (Å²) < 4.78 is 5.62. The number of nitriles is 1. The Morgan fingerprint density at radius 1 is 1.48 bits per heavy atom. The largest absolute Gasteiger partial charge is 0.476 e. The third-order valence-electron chi connectivity index (χ3n) is 3.97. The lowest BCUT2D eigenvalue weighted by atomic mass is 9.80. The lowest BCUT2D eigenvalue weighted by Gasteiger charge is -2.30. The second-order valence-electron chi connectivity index (χ2n) is 5.27. The Morgan fingerprint density at radius 2 is 2.19 bits per heavy atom. The maximum absolute atomic E-state index is 10.7. The second kappa shape index (κ2) is 6.99. The number of ether oxygens (including phenoxy) is 1. The van der Waals surface area contributed by atoms with E-state index in [1.54, 1.807) is 0 Å². The molecule has 7 heteroatoms. The highest BCUT2D eigenvalue weighted by Crippen LogP contribution is 2.30. The molecule has 0 saturated heterocycles. The van der Waals surface area contributed by atoms with Crippen molar-refractivity contribution >= 4 is 5.69 Å². The molecule has 2 N–H and O–H groups in total. The molecule has 0 aliphatic heterocycles. The molecule has 1 saturated carbocycles. The third kappa shape index (κ3) is 3.67. The SMILES string of the molecule is N#Cc1cc([N+](=O)[O-])cnc1OCC1CCCCC1CN. The monoisotopic (exact) mass is 290 g/mol. The minimum absolute atomic E-state index is 0.0873. The molecule has 1 aliphatic rings. The quantitative estimate of drug-likeness (QED) is 0.655. The second-order valence-corrected chi connectivity index (χ2v) is 5.27. The molecular formula is C14H18N4O3. The summed E-state index contributed by atoms with van der Waals surface area (Å²) in [7, 11) is 0. The van der Waals surface area contributed by atoms with Crippen LogP contribution >= 0.6 is 0 Å². The number of rotatable bonds is 5. The van der Waals surface area contributed by atoms with E-state index in [1.807, 2.05) is 6.07 Å². The zero-order chi connectivity index (χ0) is 15.2. The molecule has 0 aromatic carbocycles. The van der Waals surface area contributed by atoms with Crippen molar-refractivity contribution in [2.45, 2.75) is 25.7 Å². The van der Waals surface area contributed by atoms with E-state index in [1.165, 1.54) is 12.5 Å². The van der Waals surface area contributed by atoms with E-state index in [4.69, 9.17) is 15.7 Å². The molecule has 7 nitrogen and oxygen atoms in total. The van der Waals surface area contributed by atoms with E-state index in [0.29, 0.717) is 25.0 Å². The molecule has 1 aromatic heterocycles. The highest BCUT2D eigenvalue weighted by atomic mass is 16.6. The van der Waals surface area contributed by atoms with Gasteiger partial charge in [0.25, 0.3) is 5.69 Å². The predicted molar refractivity (Wildman–Crippen MR) is 75.6 cm³/mol. The zero-order valence-electron chi connectivity index (χ0n) is 11.7. The first kappa shape index (κ1) is 15.2. The van der Waals surface area contributed by atoms with Gasteiger partial charge in [-0.3, -0.25) is 10.1 Å². The van der Waals surface area contributed by atoms with E-state index >= 15 is 0 Å². The Kier molecular flexibility index (Phi) is 5.06. The third-order valence-corrected chi connectivity index (χ3v) is 3.97. The number of nitrogens with zero attached hydrogens (tertiary/aromatic N) is 3. The molecule has 2 rings (SSSR count). The van der Waals surface area contributed by atoms with E-state index in [2.05, 4.69) is 4.98 Å². The van der Waals surface area contributed by atoms with Crippen molar-refractivity contribution in [3.8, 4) is 11.9 Å². The minimum Gasteiger partial charge on any atom is -0.476 e. The van der Waals surface area contributed by atoms with Crippen LogP contribution in [0, 0.1) is 33.3 Å². The summed E-state index contributed by atoms with van der Waals surface area (Å²) in [4.78, 5) is 14.0. The van der Waals surface area contributed by atoms with Gasteiger partial charge < -0.3 is 10.5 Å². The molecule has 2 unspecified atom stereocenters. The average Bonchev–Trinajstić information content (AvgIpc) is 2.52. The molecule has 1 aromatic rings. The molecule has 0 amide bonds. The van der Waals surface area contributed by atoms with E-state index in [9.17, 15) is 10.1 Å². The lowest BCUT2D eigenvalue weighted by Crippen LogP contribution is -2.31. The molecule has 112 valence electrons. The van der Waals surface area contributed by atoms with E-state index in [-0.39, 0.29) is 17.1 Å². The molecule has 2 atom stereocenters. The number of hydrogen-bond donors (Lipinski definition) is 1. The fourth-order valence-corrected chi connectivity index (χ4v) is 2.74. The Balaban J connectivity index is 2.06. The van der Waals surface area contributed by atoms with Gasteiger partial charge in [0.05, 0.1) is 11.5 Å². The Hall–Kier alpha value is -2.20. The van der Waals surface area contributed by atoms with Crippen LogP contribution in [0.1, 0.15) is 31.2 Å². The van der Waals surface area contributed by atoms with Gasteiger partial charge in [0.1, 0.15) is 17.8 Å². The number of pyridine rings is 1. The van der Waals surface area contributed by atoms with Crippen LogP contribution in [0.3, 0.4) is 0 Å². The van der Waals surface area contributed by atoms with Gasteiger partial charge in [-0.2, -0.15) is 5.26 Å². The van der Waals surface area contributed by atoms with Crippen molar-refractivity contribution in [2.24, 2.45) is 17.6 Å². The van der Waals surface area contributed by atoms with Crippen molar-refractivity contribution < 1.29 is 9.66 Å². The molecule has 1 heterocycles. The summed E-state index contributed by atoms with van der Waals surface area (Å²) >= 11 is 0. The van der Waals surface area contributed by atoms with Gasteiger partial charge in [0.15, 0.2) is 0 Å². The van der Waals surface area contributed by atoms with Crippen LogP contribution in [0.5, 0.6) is 5.88 Å². The summed E-state index contributed by atoms with van der Waals surface area (Å²) in [6.07, 6.45) is 5.61. The smallest absolute Gasteiger partial charge is 0.289 e. The first-order chi connectivity index (χ1) is 10.2. The first-order valence-corrected chi connectivity index (χ1v) is 7.03. The highest BCUT2D eigenvalue weighted by Gasteiger charge is 2.25. The zero-order valence-corrected chi connectivity index (χ0v) is 11.7. The van der Waals surface area contributed by atoms with Gasteiger partial charge in [-0.15, -0.1) is 0 Å². The van der Waals surface area contributed by atoms with Crippen LogP contribution in [-0.4, -0.2) is 23.1 Å². The number of nitrogens with two attached hydrogens (primary N) is 1. The Labute approximate surface area is 122 Å². The topological polar surface area (TPSA) is 115 Å². The summed E-state index contributed by atoms with van der Waals surface area (Å²) in [6.45, 7) is 1.08. The standard InChI is InChI=1S/C14H18N4O3/c15-6-10-3-1-2-4-11(10)9-21-14-12(7-16)5-13(8-17-14)18(19)20/h5,8,10-11H,1-4,6,9,15H2. The first-order valence-electron chi connectivity index (χ1n) is 7.03. The van der Waals surface area contributed by atoms with Crippen molar-refractivity contribution in [3.05, 3.63) is 27.9 Å². The van der Waals surface area contributed by atoms with Crippen LogP contribution < -0.4 is 10.5 Å². The van der Waals surface area contributed by atoms with Gasteiger partial charge in [-0.1, -0.05) is 12.8 Å². The van der Waals surface area contributed by atoms with E-state index < -0.39 is 4.92 Å². The Bertz CT molecular complexity index is 556. The van der Waals surface area contributed by atoms with Crippen LogP contribution in [0.25, 0.3) is 0 Å². The van der Waals surface area contributed by atoms with E-state index in [0.717, 1.165) is 25.5 Å². The summed E-state index contributed by atoms with van der Waals surface area (Å²) in [5, 5.41) is 19.7. The molecule has 0 spiro atoms. The normalized spacial score (nSPS) is 21.5. The van der Waals surface area contributed by atoms with Crippen LogP contribution in [0.2, 0.25) is 0 Å². The summed E-state index contributed by atoms with van der Waals surface area (Å²) in [5.74, 6) is 0.944. The Morgan fingerprint density at radius 3 is 2.81 bits per heavy atom. The summed E-state index contributed by atoms with van der Waals surface area (Å²) in [6, 6.07) is 3.07. The van der Waals surface area contributed by atoms with Gasteiger partial charge >= 0.3 is 0 Å². The number of hydrogen-bond acceptors (Lipinski definition) is 6. The van der Waals surface area contributed by atoms with Crippen molar-refractivity contribution in [3.63, 3.8) is 0 Å². The van der Waals surface area contributed by atoms with Crippen LogP contribution in [0.15, 0.2) is 12.3 Å². The molecule has 0 radical (unpaired) electrons. The van der Waals surface area contributed by atoms with Gasteiger partial charge in [0, 0.05) is 6.07 Å².